The Morgan fingerprint density at radius 1 is 1.15 bits per heavy atom. The van der Waals surface area contributed by atoms with Crippen LogP contribution in [0.3, 0.4) is 0 Å². The highest BCUT2D eigenvalue weighted by molar-refractivity contribution is 14.1. The third kappa shape index (κ3) is 3.02. The van der Waals surface area contributed by atoms with Gasteiger partial charge in [-0.25, -0.2) is 0 Å². The predicted octanol–water partition coefficient (Wildman–Crippen LogP) is 4.73. The first kappa shape index (κ1) is 15.8. The first-order valence-electron chi connectivity index (χ1n) is 6.30. The van der Waals surface area contributed by atoms with Crippen molar-refractivity contribution in [2.45, 2.75) is 19.9 Å². The Morgan fingerprint density at radius 3 is 2.50 bits per heavy atom. The van der Waals surface area contributed by atoms with Gasteiger partial charge in [-0.05, 0) is 65.3 Å². The smallest absolute Gasteiger partial charge is 0.124 e. The summed E-state index contributed by atoms with van der Waals surface area (Å²) in [7, 11) is 1.68. The molecule has 4 heteroatoms. The second kappa shape index (κ2) is 6.45. The van der Waals surface area contributed by atoms with Gasteiger partial charge in [0.15, 0.2) is 0 Å². The molecule has 2 rings (SSSR count). The molecular weight excluding hydrogens is 429 g/mol. The first-order valence-corrected chi connectivity index (χ1v) is 8.17. The lowest BCUT2D eigenvalue weighted by Gasteiger charge is -2.19. The summed E-state index contributed by atoms with van der Waals surface area (Å²) >= 11 is 5.92. The van der Waals surface area contributed by atoms with Gasteiger partial charge in [0.1, 0.15) is 5.75 Å². The molecule has 20 heavy (non-hydrogen) atoms. The van der Waals surface area contributed by atoms with Crippen molar-refractivity contribution in [3.63, 3.8) is 0 Å². The molecule has 0 aliphatic carbocycles. The van der Waals surface area contributed by atoms with E-state index in [0.717, 1.165) is 26.9 Å². The summed E-state index contributed by atoms with van der Waals surface area (Å²) in [6, 6.07) is 10.1. The lowest BCUT2D eigenvalue weighted by atomic mass is 9.96. The van der Waals surface area contributed by atoms with E-state index in [2.05, 4.69) is 63.6 Å². The van der Waals surface area contributed by atoms with Crippen LogP contribution in [0.1, 0.15) is 28.3 Å². The molecule has 0 fully saturated rings. The summed E-state index contributed by atoms with van der Waals surface area (Å²) in [5.74, 6) is 0.829. The van der Waals surface area contributed by atoms with Gasteiger partial charge >= 0.3 is 0 Å². The van der Waals surface area contributed by atoms with Crippen LogP contribution in [0.4, 0.5) is 0 Å². The van der Waals surface area contributed by atoms with E-state index in [1.807, 2.05) is 19.1 Å². The molecule has 0 aromatic heterocycles. The van der Waals surface area contributed by atoms with E-state index in [0.29, 0.717) is 0 Å². The topological polar surface area (TPSA) is 35.2 Å². The Labute approximate surface area is 142 Å². The van der Waals surface area contributed by atoms with Crippen molar-refractivity contribution in [3.05, 3.63) is 60.6 Å². The van der Waals surface area contributed by atoms with Crippen molar-refractivity contribution < 1.29 is 4.74 Å². The zero-order chi connectivity index (χ0) is 14.9. The molecule has 1 unspecified atom stereocenters. The fourth-order valence-corrected chi connectivity index (χ4v) is 3.22. The first-order chi connectivity index (χ1) is 9.45. The lowest BCUT2D eigenvalue weighted by Crippen LogP contribution is -2.15. The molecule has 0 aliphatic rings. The van der Waals surface area contributed by atoms with Crippen LogP contribution in [-0.4, -0.2) is 7.11 Å². The number of rotatable bonds is 3. The minimum atomic E-state index is -0.200. The van der Waals surface area contributed by atoms with Gasteiger partial charge in [0.25, 0.3) is 0 Å². The third-order valence-corrected chi connectivity index (χ3v) is 5.73. The van der Waals surface area contributed by atoms with Gasteiger partial charge < -0.3 is 10.5 Å². The molecule has 2 nitrogen and oxygen atoms in total. The summed E-state index contributed by atoms with van der Waals surface area (Å²) < 4.78 is 7.74. The van der Waals surface area contributed by atoms with Gasteiger partial charge in [-0.1, -0.05) is 34.1 Å². The molecule has 0 spiro atoms. The largest absolute Gasteiger partial charge is 0.496 e. The summed E-state index contributed by atoms with van der Waals surface area (Å²) in [5.41, 5.74) is 11.0. The molecular formula is C16H17BrINO. The van der Waals surface area contributed by atoms with Crippen molar-refractivity contribution in [1.29, 1.82) is 0 Å². The van der Waals surface area contributed by atoms with Gasteiger partial charge in [-0.2, -0.15) is 0 Å². The Bertz CT molecular complexity index is 643. The molecule has 1 atom stereocenters. The van der Waals surface area contributed by atoms with Crippen LogP contribution in [0, 0.1) is 17.4 Å². The minimum absolute atomic E-state index is 0.200. The van der Waals surface area contributed by atoms with E-state index in [1.54, 1.807) is 7.11 Å². The van der Waals surface area contributed by atoms with Gasteiger partial charge in [-0.3, -0.25) is 0 Å². The van der Waals surface area contributed by atoms with E-state index >= 15 is 0 Å². The number of nitrogens with two attached hydrogens (primary N) is 1. The molecule has 0 amide bonds. The van der Waals surface area contributed by atoms with Gasteiger partial charge in [0.05, 0.1) is 13.2 Å². The number of benzene rings is 2. The monoisotopic (exact) mass is 445 g/mol. The molecule has 0 radical (unpaired) electrons. The number of methoxy groups -OCH3 is 1. The number of hydrogen-bond acceptors (Lipinski definition) is 2. The van der Waals surface area contributed by atoms with E-state index in [4.69, 9.17) is 10.5 Å². The Balaban J connectivity index is 2.55. The molecule has 2 aromatic rings. The summed E-state index contributed by atoms with van der Waals surface area (Å²) in [6.45, 7) is 4.14. The molecule has 106 valence electrons. The number of ether oxygens (including phenoxy) is 1. The quantitative estimate of drug-likeness (QED) is 0.693. The highest BCUT2D eigenvalue weighted by Crippen LogP contribution is 2.35. The Morgan fingerprint density at radius 2 is 1.85 bits per heavy atom. The summed E-state index contributed by atoms with van der Waals surface area (Å²) in [5, 5.41) is 0. The van der Waals surface area contributed by atoms with Crippen LogP contribution in [0.25, 0.3) is 0 Å². The zero-order valence-corrected chi connectivity index (χ0v) is 15.4. The van der Waals surface area contributed by atoms with Crippen LogP contribution < -0.4 is 10.5 Å². The highest BCUT2D eigenvalue weighted by Gasteiger charge is 2.18. The fourth-order valence-electron chi connectivity index (χ4n) is 2.17. The van der Waals surface area contributed by atoms with Crippen LogP contribution >= 0.6 is 38.5 Å². The highest BCUT2D eigenvalue weighted by atomic mass is 127. The van der Waals surface area contributed by atoms with E-state index < -0.39 is 0 Å². The fraction of sp³-hybridized carbons (Fsp3) is 0.250. The molecule has 0 bridgehead atoms. The van der Waals surface area contributed by atoms with Crippen LogP contribution in [0.15, 0.2) is 34.8 Å². The number of halogens is 2. The van der Waals surface area contributed by atoms with Crippen LogP contribution in [-0.2, 0) is 0 Å². The van der Waals surface area contributed by atoms with Crippen molar-refractivity contribution in [2.75, 3.05) is 7.11 Å². The number of aryl methyl sites for hydroxylation is 2. The standard InChI is InChI=1S/C16H17BrINO/c1-9-5-4-6-11(15(9)18)16(19)12-8-13(17)10(2)7-14(12)20-3/h4-8,16H,19H2,1-3H3. The Hall–Kier alpha value is -0.590. The van der Waals surface area contributed by atoms with Crippen molar-refractivity contribution >= 4 is 38.5 Å². The average Bonchev–Trinajstić information content (AvgIpc) is 2.43. The maximum atomic E-state index is 6.48. The second-order valence-corrected chi connectivity index (χ2v) is 6.73. The van der Waals surface area contributed by atoms with Gasteiger partial charge in [0.2, 0.25) is 0 Å². The second-order valence-electron chi connectivity index (χ2n) is 4.80. The minimum Gasteiger partial charge on any atom is -0.496 e. The van der Waals surface area contributed by atoms with E-state index in [9.17, 15) is 0 Å². The molecule has 2 N–H and O–H groups in total. The zero-order valence-electron chi connectivity index (χ0n) is 11.7. The van der Waals surface area contributed by atoms with Crippen LogP contribution in [0.2, 0.25) is 0 Å². The maximum Gasteiger partial charge on any atom is 0.124 e. The molecule has 0 aliphatic heterocycles. The Kier molecular flexibility index (Phi) is 5.09. The van der Waals surface area contributed by atoms with E-state index in [-0.39, 0.29) is 6.04 Å². The maximum absolute atomic E-state index is 6.48. The predicted molar refractivity (Wildman–Crippen MR) is 95.4 cm³/mol. The summed E-state index contributed by atoms with van der Waals surface area (Å²) in [4.78, 5) is 0. The molecule has 0 heterocycles. The average molecular weight is 446 g/mol. The molecule has 0 saturated carbocycles. The molecule has 2 aromatic carbocycles. The normalized spacial score (nSPS) is 12.3. The SMILES string of the molecule is COc1cc(C)c(Br)cc1C(N)c1cccc(C)c1I. The third-order valence-electron chi connectivity index (χ3n) is 3.40. The van der Waals surface area contributed by atoms with Crippen molar-refractivity contribution in [2.24, 2.45) is 5.73 Å². The van der Waals surface area contributed by atoms with E-state index in [1.165, 1.54) is 9.13 Å². The molecule has 0 saturated heterocycles. The van der Waals surface area contributed by atoms with Crippen molar-refractivity contribution in [3.8, 4) is 5.75 Å². The van der Waals surface area contributed by atoms with Gasteiger partial charge in [-0.15, -0.1) is 0 Å². The van der Waals surface area contributed by atoms with Crippen LogP contribution in [0.5, 0.6) is 5.75 Å². The van der Waals surface area contributed by atoms with Crippen molar-refractivity contribution in [1.82, 2.24) is 0 Å². The lowest BCUT2D eigenvalue weighted by molar-refractivity contribution is 0.407. The number of hydrogen-bond donors (Lipinski definition) is 1. The van der Waals surface area contributed by atoms with Gasteiger partial charge in [0, 0.05) is 13.6 Å². The summed E-state index contributed by atoms with van der Waals surface area (Å²) in [6.07, 6.45) is 0.